The van der Waals surface area contributed by atoms with Gasteiger partial charge in [0.25, 0.3) is 0 Å². The number of benzene rings is 1. The topological polar surface area (TPSA) is 80.0 Å². The van der Waals surface area contributed by atoms with E-state index in [0.29, 0.717) is 23.9 Å². The Bertz CT molecular complexity index is 750. The quantitative estimate of drug-likeness (QED) is 0.773. The number of urea groups is 1. The van der Waals surface area contributed by atoms with Crippen molar-refractivity contribution >= 4 is 23.1 Å². The van der Waals surface area contributed by atoms with Crippen molar-refractivity contribution in [1.82, 2.24) is 15.5 Å². The summed E-state index contributed by atoms with van der Waals surface area (Å²) in [6.45, 7) is 2.26. The summed E-state index contributed by atoms with van der Waals surface area (Å²) in [5, 5.41) is 11.4. The summed E-state index contributed by atoms with van der Waals surface area (Å²) in [4.78, 5) is 17.1. The highest BCUT2D eigenvalue weighted by Gasteiger charge is 2.06. The molecule has 1 aromatic carbocycles. The molecule has 3 aromatic rings. The maximum Gasteiger partial charge on any atom is 0.319 e. The number of rotatable bonds is 4. The van der Waals surface area contributed by atoms with Crippen LogP contribution in [0, 0.1) is 6.92 Å². The van der Waals surface area contributed by atoms with Gasteiger partial charge in [-0.15, -0.1) is 11.3 Å². The molecule has 2 aromatic heterocycles. The minimum Gasteiger partial charge on any atom is -0.339 e. The Morgan fingerprint density at radius 3 is 2.73 bits per heavy atom. The summed E-state index contributed by atoms with van der Waals surface area (Å²) in [7, 11) is 0. The van der Waals surface area contributed by atoms with Crippen molar-refractivity contribution in [2.45, 2.75) is 13.5 Å². The molecule has 112 valence electrons. The molecule has 7 heteroatoms. The van der Waals surface area contributed by atoms with Gasteiger partial charge in [-0.05, 0) is 35.7 Å². The fraction of sp³-hybridized carbons (Fsp3) is 0.133. The molecule has 2 amide bonds. The number of nitrogens with one attached hydrogen (secondary N) is 2. The average Bonchev–Trinajstić information content (AvgIpc) is 3.17. The number of hydrogen-bond donors (Lipinski definition) is 2. The lowest BCUT2D eigenvalue weighted by Crippen LogP contribution is -2.27. The van der Waals surface area contributed by atoms with Gasteiger partial charge in [0.15, 0.2) is 0 Å². The molecular weight excluding hydrogens is 300 g/mol. The number of hydrogen-bond acceptors (Lipinski definition) is 5. The monoisotopic (exact) mass is 314 g/mol. The zero-order valence-electron chi connectivity index (χ0n) is 11.9. The molecule has 0 fully saturated rings. The van der Waals surface area contributed by atoms with Crippen LogP contribution < -0.4 is 10.6 Å². The summed E-state index contributed by atoms with van der Waals surface area (Å²) >= 11 is 1.61. The summed E-state index contributed by atoms with van der Waals surface area (Å²) < 4.78 is 4.94. The fourth-order valence-corrected chi connectivity index (χ4v) is 2.52. The van der Waals surface area contributed by atoms with E-state index in [1.807, 2.05) is 29.6 Å². The molecule has 22 heavy (non-hydrogen) atoms. The van der Waals surface area contributed by atoms with Gasteiger partial charge in [0.1, 0.15) is 0 Å². The standard InChI is InChI=1S/C15H14N4O2S/c1-10-17-14(19-21-10)11-4-6-12(7-5-11)18-15(20)16-9-13-3-2-8-22-13/h2-8H,9H2,1H3,(H2,16,18,20). The molecule has 0 unspecified atom stereocenters. The van der Waals surface area contributed by atoms with Gasteiger partial charge in [-0.25, -0.2) is 4.79 Å². The first kappa shape index (κ1) is 14.3. The summed E-state index contributed by atoms with van der Waals surface area (Å²) in [6.07, 6.45) is 0. The summed E-state index contributed by atoms with van der Waals surface area (Å²) in [6, 6.07) is 11.0. The lowest BCUT2D eigenvalue weighted by atomic mass is 10.2. The van der Waals surface area contributed by atoms with Gasteiger partial charge in [-0.3, -0.25) is 0 Å². The van der Waals surface area contributed by atoms with Crippen molar-refractivity contribution < 1.29 is 9.32 Å². The number of nitrogens with zero attached hydrogens (tertiary/aromatic N) is 2. The molecule has 0 saturated carbocycles. The van der Waals surface area contributed by atoms with Crippen LogP contribution in [0.3, 0.4) is 0 Å². The minimum atomic E-state index is -0.239. The van der Waals surface area contributed by atoms with E-state index in [1.165, 1.54) is 0 Å². The van der Waals surface area contributed by atoms with Gasteiger partial charge in [0.05, 0.1) is 6.54 Å². The molecule has 2 N–H and O–H groups in total. The maximum absolute atomic E-state index is 11.8. The van der Waals surface area contributed by atoms with E-state index in [4.69, 9.17) is 4.52 Å². The van der Waals surface area contributed by atoms with E-state index in [9.17, 15) is 4.79 Å². The van der Waals surface area contributed by atoms with Crippen molar-refractivity contribution in [3.63, 3.8) is 0 Å². The van der Waals surface area contributed by atoms with Crippen molar-refractivity contribution in [2.75, 3.05) is 5.32 Å². The SMILES string of the molecule is Cc1nc(-c2ccc(NC(=O)NCc3cccs3)cc2)no1. The van der Waals surface area contributed by atoms with Crippen LogP contribution in [0.1, 0.15) is 10.8 Å². The van der Waals surface area contributed by atoms with Crippen LogP contribution in [0.15, 0.2) is 46.3 Å². The van der Waals surface area contributed by atoms with Crippen LogP contribution in [0.25, 0.3) is 11.4 Å². The lowest BCUT2D eigenvalue weighted by Gasteiger charge is -2.07. The first-order valence-electron chi connectivity index (χ1n) is 6.69. The highest BCUT2D eigenvalue weighted by Crippen LogP contribution is 2.18. The summed E-state index contributed by atoms with van der Waals surface area (Å²) in [5.41, 5.74) is 1.54. The number of aryl methyl sites for hydroxylation is 1. The van der Waals surface area contributed by atoms with Crippen LogP contribution in [0.2, 0.25) is 0 Å². The lowest BCUT2D eigenvalue weighted by molar-refractivity contribution is 0.252. The third-order valence-electron chi connectivity index (χ3n) is 2.93. The van der Waals surface area contributed by atoms with Crippen LogP contribution in [-0.4, -0.2) is 16.2 Å². The number of carbonyl (C=O) groups is 1. The maximum atomic E-state index is 11.8. The fourth-order valence-electron chi connectivity index (χ4n) is 1.87. The molecule has 0 spiro atoms. The number of anilines is 1. The van der Waals surface area contributed by atoms with Crippen LogP contribution in [0.5, 0.6) is 0 Å². The molecule has 0 aliphatic carbocycles. The Kier molecular flexibility index (Phi) is 4.15. The summed E-state index contributed by atoms with van der Waals surface area (Å²) in [5.74, 6) is 1.05. The first-order valence-corrected chi connectivity index (χ1v) is 7.56. The van der Waals surface area contributed by atoms with Crippen molar-refractivity contribution in [2.24, 2.45) is 0 Å². The van der Waals surface area contributed by atoms with Crippen molar-refractivity contribution in [3.05, 3.63) is 52.5 Å². The molecular formula is C15H14N4O2S. The smallest absolute Gasteiger partial charge is 0.319 e. The molecule has 0 atom stereocenters. The van der Waals surface area contributed by atoms with Crippen LogP contribution in [0.4, 0.5) is 10.5 Å². The third kappa shape index (κ3) is 3.50. The van der Waals surface area contributed by atoms with Crippen molar-refractivity contribution in [1.29, 1.82) is 0 Å². The predicted octanol–water partition coefficient (Wildman–Crippen LogP) is 3.43. The number of carbonyl (C=O) groups excluding carboxylic acids is 1. The predicted molar refractivity (Wildman–Crippen MR) is 84.6 cm³/mol. The second kappa shape index (κ2) is 6.40. The molecule has 0 saturated heterocycles. The molecule has 0 aliphatic rings. The van der Waals surface area contributed by atoms with Gasteiger partial charge in [0.2, 0.25) is 11.7 Å². The van der Waals surface area contributed by atoms with E-state index in [2.05, 4.69) is 20.8 Å². The molecule has 6 nitrogen and oxygen atoms in total. The largest absolute Gasteiger partial charge is 0.339 e. The van der Waals surface area contributed by atoms with Gasteiger partial charge in [0, 0.05) is 23.1 Å². The highest BCUT2D eigenvalue weighted by atomic mass is 32.1. The van der Waals surface area contributed by atoms with Gasteiger partial charge >= 0.3 is 6.03 Å². The third-order valence-corrected chi connectivity index (χ3v) is 3.81. The van der Waals surface area contributed by atoms with E-state index < -0.39 is 0 Å². The minimum absolute atomic E-state index is 0.239. The molecule has 3 rings (SSSR count). The van der Waals surface area contributed by atoms with E-state index in [-0.39, 0.29) is 6.03 Å². The molecule has 2 heterocycles. The molecule has 0 aliphatic heterocycles. The number of aromatic nitrogens is 2. The Morgan fingerprint density at radius 2 is 2.09 bits per heavy atom. The molecule has 0 bridgehead atoms. The van der Waals surface area contributed by atoms with Gasteiger partial charge < -0.3 is 15.2 Å². The zero-order valence-corrected chi connectivity index (χ0v) is 12.7. The first-order chi connectivity index (χ1) is 10.7. The van der Waals surface area contributed by atoms with E-state index in [0.717, 1.165) is 10.4 Å². The van der Waals surface area contributed by atoms with Crippen molar-refractivity contribution in [3.8, 4) is 11.4 Å². The second-order valence-electron chi connectivity index (χ2n) is 4.60. The Labute approximate surface area is 131 Å². The van der Waals surface area contributed by atoms with E-state index >= 15 is 0 Å². The Hall–Kier alpha value is -2.67. The van der Waals surface area contributed by atoms with E-state index in [1.54, 1.807) is 30.4 Å². The Balaban J connectivity index is 1.57. The molecule has 0 radical (unpaired) electrons. The van der Waals surface area contributed by atoms with Gasteiger partial charge in [-0.1, -0.05) is 11.2 Å². The Morgan fingerprint density at radius 1 is 1.27 bits per heavy atom. The normalized spacial score (nSPS) is 10.4. The van der Waals surface area contributed by atoms with Crippen LogP contribution >= 0.6 is 11.3 Å². The number of amides is 2. The van der Waals surface area contributed by atoms with Gasteiger partial charge in [-0.2, -0.15) is 4.98 Å². The average molecular weight is 314 g/mol. The number of thiophene rings is 1. The highest BCUT2D eigenvalue weighted by molar-refractivity contribution is 7.09. The zero-order chi connectivity index (χ0) is 15.4. The second-order valence-corrected chi connectivity index (χ2v) is 5.63. The van der Waals surface area contributed by atoms with Crippen LogP contribution in [-0.2, 0) is 6.54 Å².